The number of hydrogen-bond acceptors (Lipinski definition) is 1. The fraction of sp³-hybridized carbons (Fsp3) is 0.462. The molecule has 2 rings (SSSR count). The van der Waals surface area contributed by atoms with Crippen LogP contribution in [-0.4, -0.2) is 5.78 Å². The van der Waals surface area contributed by atoms with Gasteiger partial charge in [-0.1, -0.05) is 30.7 Å². The van der Waals surface area contributed by atoms with Crippen LogP contribution in [-0.2, 0) is 10.2 Å². The predicted octanol–water partition coefficient (Wildman–Crippen LogP) is 3.66. The van der Waals surface area contributed by atoms with E-state index in [2.05, 4.69) is 13.0 Å². The third-order valence-electron chi connectivity index (χ3n) is 3.41. The van der Waals surface area contributed by atoms with E-state index < -0.39 is 0 Å². The van der Waals surface area contributed by atoms with Crippen LogP contribution in [0.4, 0.5) is 0 Å². The van der Waals surface area contributed by atoms with Gasteiger partial charge in [0.1, 0.15) is 5.78 Å². The van der Waals surface area contributed by atoms with Gasteiger partial charge in [0.05, 0.1) is 0 Å². The van der Waals surface area contributed by atoms with E-state index in [0.717, 1.165) is 17.0 Å². The molecule has 0 bridgehead atoms. The van der Waals surface area contributed by atoms with E-state index in [1.54, 1.807) is 0 Å². The van der Waals surface area contributed by atoms with Gasteiger partial charge in [-0.2, -0.15) is 0 Å². The Morgan fingerprint density at radius 2 is 2.13 bits per heavy atom. The zero-order chi connectivity index (χ0) is 11.1. The molecule has 1 saturated carbocycles. The Bertz CT molecular complexity index is 411. The van der Waals surface area contributed by atoms with Crippen molar-refractivity contribution in [1.29, 1.82) is 0 Å². The van der Waals surface area contributed by atoms with E-state index >= 15 is 0 Å². The molecule has 1 atom stereocenters. The summed E-state index contributed by atoms with van der Waals surface area (Å²) >= 11 is 6.11. The number of carbonyl (C=O) groups is 1. The van der Waals surface area contributed by atoms with Crippen LogP contribution in [0, 0.1) is 6.92 Å². The summed E-state index contributed by atoms with van der Waals surface area (Å²) in [4.78, 5) is 11.4. The van der Waals surface area contributed by atoms with Crippen molar-refractivity contribution < 1.29 is 4.79 Å². The van der Waals surface area contributed by atoms with Gasteiger partial charge in [-0.25, -0.2) is 0 Å². The smallest absolute Gasteiger partial charge is 0.133 e. The number of Topliss-reactive ketones (excluding diaryl/α,β-unsaturated/α-hetero) is 1. The summed E-state index contributed by atoms with van der Waals surface area (Å²) in [6.45, 7) is 4.15. The molecule has 0 N–H and O–H groups in total. The Balaban J connectivity index is 2.37. The molecular formula is C13H15ClO. The van der Waals surface area contributed by atoms with Crippen molar-refractivity contribution in [2.75, 3.05) is 0 Å². The summed E-state index contributed by atoms with van der Waals surface area (Å²) in [5, 5.41) is 0.799. The molecule has 15 heavy (non-hydrogen) atoms. The van der Waals surface area contributed by atoms with Gasteiger partial charge in [0, 0.05) is 17.9 Å². The molecule has 80 valence electrons. The zero-order valence-electron chi connectivity index (χ0n) is 9.14. The van der Waals surface area contributed by atoms with E-state index in [-0.39, 0.29) is 5.41 Å². The second-order valence-electron chi connectivity index (χ2n) is 4.74. The fourth-order valence-corrected chi connectivity index (χ4v) is 2.42. The molecular weight excluding hydrogens is 208 g/mol. The number of hydrogen-bond donors (Lipinski definition) is 0. The lowest BCUT2D eigenvalue weighted by atomic mass is 9.81. The van der Waals surface area contributed by atoms with Gasteiger partial charge >= 0.3 is 0 Å². The molecule has 1 nitrogen and oxygen atoms in total. The van der Waals surface area contributed by atoms with Gasteiger partial charge in [0.15, 0.2) is 0 Å². The first-order chi connectivity index (χ1) is 7.01. The van der Waals surface area contributed by atoms with Crippen molar-refractivity contribution in [3.05, 3.63) is 34.3 Å². The Morgan fingerprint density at radius 3 is 2.67 bits per heavy atom. The number of rotatable bonds is 1. The first-order valence-corrected chi connectivity index (χ1v) is 5.67. The highest BCUT2D eigenvalue weighted by molar-refractivity contribution is 6.31. The van der Waals surface area contributed by atoms with Gasteiger partial charge in [-0.3, -0.25) is 4.79 Å². The van der Waals surface area contributed by atoms with Crippen molar-refractivity contribution in [3.63, 3.8) is 0 Å². The van der Waals surface area contributed by atoms with E-state index in [1.807, 2.05) is 19.1 Å². The molecule has 0 aliphatic heterocycles. The maximum Gasteiger partial charge on any atom is 0.133 e. The summed E-state index contributed by atoms with van der Waals surface area (Å²) in [7, 11) is 0. The summed E-state index contributed by atoms with van der Waals surface area (Å²) in [6, 6.07) is 6.14. The fourth-order valence-electron chi connectivity index (χ4n) is 2.24. The second kappa shape index (κ2) is 3.64. The van der Waals surface area contributed by atoms with Crippen molar-refractivity contribution >= 4 is 17.4 Å². The van der Waals surface area contributed by atoms with Crippen LogP contribution in [0.25, 0.3) is 0 Å². The lowest BCUT2D eigenvalue weighted by molar-refractivity contribution is -0.117. The summed E-state index contributed by atoms with van der Waals surface area (Å²) in [5.41, 5.74) is 2.30. The molecule has 1 aliphatic rings. The Kier molecular flexibility index (Phi) is 2.59. The number of halogens is 1. The topological polar surface area (TPSA) is 17.1 Å². The number of benzene rings is 1. The quantitative estimate of drug-likeness (QED) is 0.709. The molecule has 0 amide bonds. The zero-order valence-corrected chi connectivity index (χ0v) is 9.90. The van der Waals surface area contributed by atoms with Gasteiger partial charge in [-0.05, 0) is 36.0 Å². The SMILES string of the molecule is Cc1ccc(C2(C)CCC(=O)C2)cc1Cl. The van der Waals surface area contributed by atoms with Crippen LogP contribution in [0.3, 0.4) is 0 Å². The highest BCUT2D eigenvalue weighted by Crippen LogP contribution is 2.39. The summed E-state index contributed by atoms with van der Waals surface area (Å²) in [6.07, 6.45) is 2.32. The Hall–Kier alpha value is -0.820. The van der Waals surface area contributed by atoms with Crippen LogP contribution < -0.4 is 0 Å². The predicted molar refractivity (Wildman–Crippen MR) is 62.4 cm³/mol. The molecule has 1 aromatic rings. The van der Waals surface area contributed by atoms with E-state index in [0.29, 0.717) is 18.6 Å². The number of aryl methyl sites for hydroxylation is 1. The Morgan fingerprint density at radius 1 is 1.40 bits per heavy atom. The van der Waals surface area contributed by atoms with Crippen LogP contribution >= 0.6 is 11.6 Å². The van der Waals surface area contributed by atoms with E-state index in [4.69, 9.17) is 11.6 Å². The minimum atomic E-state index is 0.00836. The third-order valence-corrected chi connectivity index (χ3v) is 3.82. The minimum Gasteiger partial charge on any atom is -0.300 e. The van der Waals surface area contributed by atoms with Gasteiger partial charge in [0.2, 0.25) is 0 Å². The maximum atomic E-state index is 11.4. The lowest BCUT2D eigenvalue weighted by Gasteiger charge is -2.23. The molecule has 0 spiro atoms. The third kappa shape index (κ3) is 1.93. The molecule has 0 aromatic heterocycles. The maximum absolute atomic E-state index is 11.4. The average molecular weight is 223 g/mol. The molecule has 1 fully saturated rings. The standard InChI is InChI=1S/C13H15ClO/c1-9-3-4-10(7-12(9)14)13(2)6-5-11(15)8-13/h3-4,7H,5-6,8H2,1-2H3. The Labute approximate surface area is 95.4 Å². The highest BCUT2D eigenvalue weighted by Gasteiger charge is 2.35. The first kappa shape index (κ1) is 10.7. The van der Waals surface area contributed by atoms with E-state index in [9.17, 15) is 4.79 Å². The average Bonchev–Trinajstić information content (AvgIpc) is 2.52. The molecule has 0 saturated heterocycles. The van der Waals surface area contributed by atoms with Crippen molar-refractivity contribution in [2.24, 2.45) is 0 Å². The van der Waals surface area contributed by atoms with Crippen molar-refractivity contribution in [1.82, 2.24) is 0 Å². The normalized spacial score (nSPS) is 25.9. The molecule has 2 heteroatoms. The van der Waals surface area contributed by atoms with Gasteiger partial charge < -0.3 is 0 Å². The van der Waals surface area contributed by atoms with Gasteiger partial charge in [0.25, 0.3) is 0 Å². The summed E-state index contributed by atoms with van der Waals surface area (Å²) in [5.74, 6) is 0.370. The van der Waals surface area contributed by atoms with E-state index in [1.165, 1.54) is 5.56 Å². The molecule has 1 unspecified atom stereocenters. The number of ketones is 1. The lowest BCUT2D eigenvalue weighted by Crippen LogP contribution is -2.17. The van der Waals surface area contributed by atoms with Crippen LogP contribution in [0.1, 0.15) is 37.3 Å². The number of carbonyl (C=O) groups excluding carboxylic acids is 1. The van der Waals surface area contributed by atoms with Crippen molar-refractivity contribution in [2.45, 2.75) is 38.5 Å². The van der Waals surface area contributed by atoms with Crippen LogP contribution in [0.15, 0.2) is 18.2 Å². The largest absolute Gasteiger partial charge is 0.300 e. The molecule has 0 heterocycles. The molecule has 0 radical (unpaired) electrons. The molecule has 1 aliphatic carbocycles. The monoisotopic (exact) mass is 222 g/mol. The van der Waals surface area contributed by atoms with Gasteiger partial charge in [-0.15, -0.1) is 0 Å². The van der Waals surface area contributed by atoms with Crippen molar-refractivity contribution in [3.8, 4) is 0 Å². The highest BCUT2D eigenvalue weighted by atomic mass is 35.5. The summed E-state index contributed by atoms with van der Waals surface area (Å²) < 4.78 is 0. The van der Waals surface area contributed by atoms with Crippen LogP contribution in [0.2, 0.25) is 5.02 Å². The molecule has 1 aromatic carbocycles. The first-order valence-electron chi connectivity index (χ1n) is 5.30. The second-order valence-corrected chi connectivity index (χ2v) is 5.15. The van der Waals surface area contributed by atoms with Crippen LogP contribution in [0.5, 0.6) is 0 Å². The minimum absolute atomic E-state index is 0.00836.